The normalized spacial score (nSPS) is 12.7. The minimum atomic E-state index is -0.444. The lowest BCUT2D eigenvalue weighted by Crippen LogP contribution is -2.41. The first-order valence-electron chi connectivity index (χ1n) is 9.66. The fraction of sp³-hybridized carbons (Fsp3) is 0.238. The lowest BCUT2D eigenvalue weighted by atomic mass is 10.1. The van der Waals surface area contributed by atoms with Crippen molar-refractivity contribution in [3.63, 3.8) is 0 Å². The Morgan fingerprint density at radius 1 is 1.00 bits per heavy atom. The van der Waals surface area contributed by atoms with E-state index in [1.165, 1.54) is 0 Å². The van der Waals surface area contributed by atoms with Crippen LogP contribution in [0.3, 0.4) is 0 Å². The van der Waals surface area contributed by atoms with Gasteiger partial charge in [0.25, 0.3) is 11.8 Å². The number of carbonyl (C=O) groups is 2. The molecule has 0 bridgehead atoms. The summed E-state index contributed by atoms with van der Waals surface area (Å²) < 4.78 is 13.0. The number of nitrogens with one attached hydrogen (secondary N) is 2. The van der Waals surface area contributed by atoms with Crippen LogP contribution in [-0.4, -0.2) is 39.8 Å². The van der Waals surface area contributed by atoms with Gasteiger partial charge in [0, 0.05) is 30.3 Å². The molecule has 0 radical (unpaired) electrons. The smallest absolute Gasteiger partial charge is 0.269 e. The first kappa shape index (κ1) is 20.7. The second-order valence-electron chi connectivity index (χ2n) is 6.83. The van der Waals surface area contributed by atoms with Crippen molar-refractivity contribution in [3.05, 3.63) is 65.5 Å². The van der Waals surface area contributed by atoms with Gasteiger partial charge in [0.05, 0.1) is 13.2 Å². The minimum Gasteiger partial charge on any atom is -0.490 e. The van der Waals surface area contributed by atoms with Gasteiger partial charge in [-0.15, -0.1) is 10.2 Å². The number of carbonyl (C=O) groups excluding carboxylic acids is 2. The molecule has 0 unspecified atom stereocenters. The topological polar surface area (TPSA) is 107 Å². The highest BCUT2D eigenvalue weighted by molar-refractivity contribution is 7.98. The predicted molar refractivity (Wildman–Crippen MR) is 114 cm³/mol. The van der Waals surface area contributed by atoms with E-state index in [2.05, 4.69) is 21.0 Å². The second-order valence-corrected chi connectivity index (χ2v) is 7.77. The van der Waals surface area contributed by atoms with Gasteiger partial charge in [0.1, 0.15) is 6.33 Å². The number of hydrogen-bond donors (Lipinski definition) is 2. The van der Waals surface area contributed by atoms with Gasteiger partial charge in [-0.25, -0.2) is 0 Å². The van der Waals surface area contributed by atoms with Crippen LogP contribution in [0.4, 0.5) is 0 Å². The third-order valence-corrected chi connectivity index (χ3v) is 5.66. The Labute approximate surface area is 183 Å². The maximum absolute atomic E-state index is 12.4. The third-order valence-electron chi connectivity index (χ3n) is 4.55. The Bertz CT molecular complexity index is 1080. The fourth-order valence-electron chi connectivity index (χ4n) is 2.87. The molecule has 1 aliphatic heterocycles. The van der Waals surface area contributed by atoms with Crippen LogP contribution in [0.15, 0.2) is 53.9 Å². The Kier molecular flexibility index (Phi) is 6.37. The standard InChI is InChI=1S/C21H21N5O4S/c1-26-13-22-25-21(26)31-12-14-3-5-15(6-4-14)19(27)23-24-20(28)16-7-8-17-18(11-16)30-10-2-9-29-17/h3-8,11,13H,2,9-10,12H2,1H3,(H,23,27)(H,24,28). The molecule has 2 amide bonds. The lowest BCUT2D eigenvalue weighted by Gasteiger charge is -2.11. The summed E-state index contributed by atoms with van der Waals surface area (Å²) >= 11 is 1.56. The average molecular weight is 439 g/mol. The quantitative estimate of drug-likeness (QED) is 0.464. The summed E-state index contributed by atoms with van der Waals surface area (Å²) in [4.78, 5) is 24.8. The zero-order chi connectivity index (χ0) is 21.6. The first-order chi connectivity index (χ1) is 15.1. The molecule has 2 heterocycles. The van der Waals surface area contributed by atoms with E-state index in [0.29, 0.717) is 41.6 Å². The molecule has 0 saturated heterocycles. The fourth-order valence-corrected chi connectivity index (χ4v) is 3.71. The molecule has 0 aliphatic carbocycles. The number of ether oxygens (including phenoxy) is 2. The molecule has 3 aromatic rings. The Balaban J connectivity index is 1.30. The Morgan fingerprint density at radius 2 is 1.68 bits per heavy atom. The maximum Gasteiger partial charge on any atom is 0.269 e. The van der Waals surface area contributed by atoms with Gasteiger partial charge in [-0.05, 0) is 35.9 Å². The van der Waals surface area contributed by atoms with Crippen LogP contribution in [-0.2, 0) is 12.8 Å². The van der Waals surface area contributed by atoms with E-state index in [9.17, 15) is 9.59 Å². The molecular formula is C21H21N5O4S. The molecule has 1 aromatic heterocycles. The zero-order valence-corrected chi connectivity index (χ0v) is 17.6. The molecule has 4 rings (SSSR count). The number of amides is 2. The van der Waals surface area contributed by atoms with E-state index in [-0.39, 0.29) is 0 Å². The lowest BCUT2D eigenvalue weighted by molar-refractivity contribution is 0.0846. The molecular weight excluding hydrogens is 418 g/mol. The predicted octanol–water partition coefficient (Wildman–Crippen LogP) is 2.34. The highest BCUT2D eigenvalue weighted by atomic mass is 32.2. The van der Waals surface area contributed by atoms with Crippen molar-refractivity contribution in [2.45, 2.75) is 17.3 Å². The van der Waals surface area contributed by atoms with Gasteiger partial charge in [0.15, 0.2) is 16.7 Å². The highest BCUT2D eigenvalue weighted by Gasteiger charge is 2.15. The van der Waals surface area contributed by atoms with Crippen molar-refractivity contribution < 1.29 is 19.1 Å². The largest absolute Gasteiger partial charge is 0.490 e. The van der Waals surface area contributed by atoms with Crippen molar-refractivity contribution in [2.75, 3.05) is 13.2 Å². The minimum absolute atomic E-state index is 0.362. The number of benzene rings is 2. The molecule has 0 spiro atoms. The monoisotopic (exact) mass is 439 g/mol. The zero-order valence-electron chi connectivity index (χ0n) is 16.8. The molecule has 9 nitrogen and oxygen atoms in total. The third kappa shape index (κ3) is 5.15. The summed E-state index contributed by atoms with van der Waals surface area (Å²) in [5.41, 5.74) is 6.70. The summed E-state index contributed by atoms with van der Waals surface area (Å²) in [6.45, 7) is 1.11. The van der Waals surface area contributed by atoms with E-state index in [4.69, 9.17) is 9.47 Å². The summed E-state index contributed by atoms with van der Waals surface area (Å²) in [7, 11) is 1.89. The van der Waals surface area contributed by atoms with Crippen LogP contribution in [0.5, 0.6) is 11.5 Å². The van der Waals surface area contributed by atoms with E-state index >= 15 is 0 Å². The van der Waals surface area contributed by atoms with Crippen molar-refractivity contribution in [2.24, 2.45) is 7.05 Å². The number of hydrogen-bond acceptors (Lipinski definition) is 7. The second kappa shape index (κ2) is 9.52. The summed E-state index contributed by atoms with van der Waals surface area (Å²) in [5, 5.41) is 8.69. The van der Waals surface area contributed by atoms with Gasteiger partial charge in [-0.3, -0.25) is 20.4 Å². The molecule has 0 fully saturated rings. The molecule has 31 heavy (non-hydrogen) atoms. The number of rotatable bonds is 5. The van der Waals surface area contributed by atoms with Crippen LogP contribution in [0.2, 0.25) is 0 Å². The van der Waals surface area contributed by atoms with Crippen LogP contribution in [0.1, 0.15) is 32.7 Å². The number of hydrazine groups is 1. The van der Waals surface area contributed by atoms with E-state index in [0.717, 1.165) is 17.1 Å². The number of fused-ring (bicyclic) bond motifs is 1. The summed E-state index contributed by atoms with van der Waals surface area (Å²) in [5.74, 6) is 0.979. The molecule has 2 N–H and O–H groups in total. The molecule has 0 atom stereocenters. The van der Waals surface area contributed by atoms with Crippen molar-refractivity contribution >= 4 is 23.6 Å². The van der Waals surface area contributed by atoms with Gasteiger partial charge in [0.2, 0.25) is 0 Å². The molecule has 1 aliphatic rings. The highest BCUT2D eigenvalue weighted by Crippen LogP contribution is 2.30. The van der Waals surface area contributed by atoms with Crippen LogP contribution in [0, 0.1) is 0 Å². The SMILES string of the molecule is Cn1cnnc1SCc1ccc(C(=O)NNC(=O)c2ccc3c(c2)OCCCO3)cc1. The molecule has 0 saturated carbocycles. The Morgan fingerprint density at radius 3 is 2.39 bits per heavy atom. The number of nitrogens with zero attached hydrogens (tertiary/aromatic N) is 3. The van der Waals surface area contributed by atoms with Crippen LogP contribution >= 0.6 is 11.8 Å². The summed E-state index contributed by atoms with van der Waals surface area (Å²) in [6.07, 6.45) is 2.43. The number of aryl methyl sites for hydroxylation is 1. The van der Waals surface area contributed by atoms with Crippen molar-refractivity contribution in [1.29, 1.82) is 0 Å². The number of aromatic nitrogens is 3. The van der Waals surface area contributed by atoms with Gasteiger partial charge < -0.3 is 14.0 Å². The molecule has 10 heteroatoms. The van der Waals surface area contributed by atoms with Gasteiger partial charge in [-0.1, -0.05) is 23.9 Å². The van der Waals surface area contributed by atoms with Gasteiger partial charge >= 0.3 is 0 Å². The average Bonchev–Trinajstić information content (AvgIpc) is 3.06. The summed E-state index contributed by atoms with van der Waals surface area (Å²) in [6, 6.07) is 12.1. The van der Waals surface area contributed by atoms with Crippen molar-refractivity contribution in [3.8, 4) is 11.5 Å². The number of thioether (sulfide) groups is 1. The van der Waals surface area contributed by atoms with Crippen molar-refractivity contribution in [1.82, 2.24) is 25.6 Å². The van der Waals surface area contributed by atoms with E-state index in [1.54, 1.807) is 48.4 Å². The Hall–Kier alpha value is -3.53. The van der Waals surface area contributed by atoms with E-state index < -0.39 is 11.8 Å². The molecule has 2 aromatic carbocycles. The molecule has 160 valence electrons. The van der Waals surface area contributed by atoms with E-state index in [1.807, 2.05) is 23.7 Å². The maximum atomic E-state index is 12.4. The van der Waals surface area contributed by atoms with Gasteiger partial charge in [-0.2, -0.15) is 0 Å². The first-order valence-corrected chi connectivity index (χ1v) is 10.6. The van der Waals surface area contributed by atoms with Crippen LogP contribution in [0.25, 0.3) is 0 Å². The van der Waals surface area contributed by atoms with Crippen LogP contribution < -0.4 is 20.3 Å².